The van der Waals surface area contributed by atoms with Gasteiger partial charge in [-0.15, -0.1) is 0 Å². The van der Waals surface area contributed by atoms with Crippen molar-refractivity contribution in [3.05, 3.63) is 46.2 Å². The van der Waals surface area contributed by atoms with Gasteiger partial charge in [-0.05, 0) is 24.6 Å². The van der Waals surface area contributed by atoms with Gasteiger partial charge in [0.1, 0.15) is 5.69 Å². The number of primary sulfonamides is 1. The van der Waals surface area contributed by atoms with E-state index in [0.29, 0.717) is 10.7 Å². The van der Waals surface area contributed by atoms with Crippen molar-refractivity contribution in [3.8, 4) is 0 Å². The summed E-state index contributed by atoms with van der Waals surface area (Å²) in [7, 11) is -2.09. The molecule has 2 aromatic rings. The molecule has 1 aromatic heterocycles. The molecule has 1 amide bonds. The highest BCUT2D eigenvalue weighted by molar-refractivity contribution is 7.89. The van der Waals surface area contributed by atoms with E-state index in [1.165, 1.54) is 16.8 Å². The van der Waals surface area contributed by atoms with Gasteiger partial charge in [0.15, 0.2) is 0 Å². The van der Waals surface area contributed by atoms with Crippen LogP contribution in [0.1, 0.15) is 21.7 Å². The smallest absolute Gasteiger partial charge is 0.271 e. The highest BCUT2D eigenvalue weighted by atomic mass is 35.5. The van der Waals surface area contributed by atoms with Gasteiger partial charge in [0.2, 0.25) is 10.0 Å². The molecule has 22 heavy (non-hydrogen) atoms. The van der Waals surface area contributed by atoms with Gasteiger partial charge < -0.3 is 5.32 Å². The third kappa shape index (κ3) is 3.46. The van der Waals surface area contributed by atoms with Crippen molar-refractivity contribution >= 4 is 27.5 Å². The Kier molecular flexibility index (Phi) is 4.55. The molecule has 0 atom stereocenters. The van der Waals surface area contributed by atoms with E-state index in [-0.39, 0.29) is 23.0 Å². The maximum Gasteiger partial charge on any atom is 0.271 e. The van der Waals surface area contributed by atoms with Crippen molar-refractivity contribution in [3.63, 3.8) is 0 Å². The van der Waals surface area contributed by atoms with E-state index in [2.05, 4.69) is 10.4 Å². The topological polar surface area (TPSA) is 107 Å². The van der Waals surface area contributed by atoms with Crippen molar-refractivity contribution in [1.29, 1.82) is 0 Å². The van der Waals surface area contributed by atoms with E-state index in [0.717, 1.165) is 5.56 Å². The maximum absolute atomic E-state index is 12.1. The van der Waals surface area contributed by atoms with Crippen LogP contribution in [0.2, 0.25) is 5.02 Å². The highest BCUT2D eigenvalue weighted by Crippen LogP contribution is 2.19. The average molecular weight is 343 g/mol. The number of aromatic nitrogens is 2. The van der Waals surface area contributed by atoms with Crippen LogP contribution >= 0.6 is 11.6 Å². The zero-order valence-corrected chi connectivity index (χ0v) is 13.6. The minimum absolute atomic E-state index is 0.0212. The Morgan fingerprint density at radius 3 is 2.41 bits per heavy atom. The second kappa shape index (κ2) is 6.07. The van der Waals surface area contributed by atoms with Crippen LogP contribution in [0.25, 0.3) is 0 Å². The van der Waals surface area contributed by atoms with Crippen LogP contribution in [0.4, 0.5) is 0 Å². The van der Waals surface area contributed by atoms with Crippen LogP contribution in [0.5, 0.6) is 0 Å². The molecule has 0 aliphatic heterocycles. The number of rotatable bonds is 4. The Balaban J connectivity index is 2.08. The van der Waals surface area contributed by atoms with Crippen molar-refractivity contribution in [2.75, 3.05) is 0 Å². The number of nitrogens with two attached hydrogens (primary N) is 1. The van der Waals surface area contributed by atoms with E-state index in [4.69, 9.17) is 16.7 Å². The maximum atomic E-state index is 12.1. The second-order valence-corrected chi connectivity index (χ2v) is 6.68. The summed E-state index contributed by atoms with van der Waals surface area (Å²) in [6.07, 6.45) is 0. The van der Waals surface area contributed by atoms with Crippen LogP contribution in [-0.4, -0.2) is 24.1 Å². The molecule has 1 heterocycles. The Morgan fingerprint density at radius 2 is 1.95 bits per heavy atom. The average Bonchev–Trinajstić information content (AvgIpc) is 2.69. The molecule has 2 rings (SSSR count). The number of amides is 1. The van der Waals surface area contributed by atoms with Crippen LogP contribution in [-0.2, 0) is 23.6 Å². The first-order valence-electron chi connectivity index (χ1n) is 6.29. The third-order valence-electron chi connectivity index (χ3n) is 3.07. The fraction of sp³-hybridized carbons (Fsp3) is 0.231. The highest BCUT2D eigenvalue weighted by Gasteiger charge is 2.18. The van der Waals surface area contributed by atoms with Gasteiger partial charge in [-0.3, -0.25) is 9.48 Å². The molecule has 118 valence electrons. The summed E-state index contributed by atoms with van der Waals surface area (Å²) >= 11 is 6.04. The molecule has 0 saturated carbocycles. The molecule has 0 radical (unpaired) electrons. The van der Waals surface area contributed by atoms with Crippen LogP contribution in [0, 0.1) is 6.92 Å². The predicted molar refractivity (Wildman–Crippen MR) is 81.9 cm³/mol. The monoisotopic (exact) mass is 342 g/mol. The standard InChI is InChI=1S/C13H15ClN4O3S/c1-8-11(14)12(18(2)17-8)13(19)16-7-9-3-5-10(6-4-9)22(15,20)21/h3-6H,7H2,1-2H3,(H,16,19)(H2,15,20,21). The van der Waals surface area contributed by atoms with Gasteiger partial charge in [0.05, 0.1) is 15.6 Å². The van der Waals surface area contributed by atoms with E-state index in [9.17, 15) is 13.2 Å². The van der Waals surface area contributed by atoms with Gasteiger partial charge in [0.25, 0.3) is 5.91 Å². The normalized spacial score (nSPS) is 11.5. The van der Waals surface area contributed by atoms with Crippen LogP contribution in [0.15, 0.2) is 29.2 Å². The Morgan fingerprint density at radius 1 is 1.36 bits per heavy atom. The fourth-order valence-electron chi connectivity index (χ4n) is 1.94. The Hall–Kier alpha value is -1.90. The van der Waals surface area contributed by atoms with Crippen molar-refractivity contribution in [2.45, 2.75) is 18.4 Å². The molecule has 0 aliphatic rings. The van der Waals surface area contributed by atoms with E-state index < -0.39 is 10.0 Å². The Labute approximate surface area is 133 Å². The lowest BCUT2D eigenvalue weighted by Crippen LogP contribution is -2.25. The van der Waals surface area contributed by atoms with Crippen molar-refractivity contribution < 1.29 is 13.2 Å². The number of halogens is 1. The van der Waals surface area contributed by atoms with Crippen molar-refractivity contribution in [2.24, 2.45) is 12.2 Å². The number of sulfonamides is 1. The number of benzene rings is 1. The molecule has 0 bridgehead atoms. The van der Waals surface area contributed by atoms with E-state index >= 15 is 0 Å². The molecule has 0 unspecified atom stereocenters. The molecule has 0 aliphatic carbocycles. The second-order valence-electron chi connectivity index (χ2n) is 4.74. The summed E-state index contributed by atoms with van der Waals surface area (Å²) in [6.45, 7) is 1.94. The first-order chi connectivity index (χ1) is 10.2. The summed E-state index contributed by atoms with van der Waals surface area (Å²) in [6, 6.07) is 5.93. The number of carbonyl (C=O) groups excluding carboxylic acids is 1. The summed E-state index contributed by atoms with van der Waals surface area (Å²) in [5.41, 5.74) is 1.59. The lowest BCUT2D eigenvalue weighted by molar-refractivity contribution is 0.0941. The SMILES string of the molecule is Cc1nn(C)c(C(=O)NCc2ccc(S(N)(=O)=O)cc2)c1Cl. The van der Waals surface area contributed by atoms with Crippen LogP contribution in [0.3, 0.4) is 0 Å². The first kappa shape index (κ1) is 16.5. The van der Waals surface area contributed by atoms with Gasteiger partial charge in [-0.25, -0.2) is 13.6 Å². The number of hydrogen-bond acceptors (Lipinski definition) is 4. The van der Waals surface area contributed by atoms with Gasteiger partial charge >= 0.3 is 0 Å². The quantitative estimate of drug-likeness (QED) is 0.862. The first-order valence-corrected chi connectivity index (χ1v) is 8.21. The summed E-state index contributed by atoms with van der Waals surface area (Å²) < 4.78 is 23.7. The Bertz CT molecular complexity index is 813. The van der Waals surface area contributed by atoms with Gasteiger partial charge in [0, 0.05) is 13.6 Å². The van der Waals surface area contributed by atoms with E-state index in [1.807, 2.05) is 0 Å². The van der Waals surface area contributed by atoms with Crippen LogP contribution < -0.4 is 10.5 Å². The molecular weight excluding hydrogens is 328 g/mol. The zero-order chi connectivity index (χ0) is 16.5. The van der Waals surface area contributed by atoms with E-state index in [1.54, 1.807) is 26.1 Å². The zero-order valence-electron chi connectivity index (χ0n) is 12.0. The number of hydrogen-bond donors (Lipinski definition) is 2. The molecular formula is C13H15ClN4O3S. The number of carbonyl (C=O) groups is 1. The predicted octanol–water partition coefficient (Wildman–Crippen LogP) is 0.959. The number of aryl methyl sites for hydroxylation is 2. The number of nitrogens with one attached hydrogen (secondary N) is 1. The largest absolute Gasteiger partial charge is 0.347 e. The lowest BCUT2D eigenvalue weighted by Gasteiger charge is -2.07. The van der Waals surface area contributed by atoms with Gasteiger partial charge in [-0.2, -0.15) is 5.10 Å². The minimum atomic E-state index is -3.72. The third-order valence-corrected chi connectivity index (χ3v) is 4.45. The molecule has 0 saturated heterocycles. The fourth-order valence-corrected chi connectivity index (χ4v) is 2.70. The van der Waals surface area contributed by atoms with Crippen molar-refractivity contribution in [1.82, 2.24) is 15.1 Å². The minimum Gasteiger partial charge on any atom is -0.347 e. The molecule has 1 aromatic carbocycles. The molecule has 0 spiro atoms. The number of nitrogens with zero attached hydrogens (tertiary/aromatic N) is 2. The molecule has 0 fully saturated rings. The summed E-state index contributed by atoms with van der Waals surface area (Å²) in [5, 5.41) is 12.1. The molecule has 9 heteroatoms. The molecule has 7 nitrogen and oxygen atoms in total. The summed E-state index contributed by atoms with van der Waals surface area (Å²) in [4.78, 5) is 12.1. The summed E-state index contributed by atoms with van der Waals surface area (Å²) in [5.74, 6) is -0.358. The lowest BCUT2D eigenvalue weighted by atomic mass is 10.2. The molecule has 3 N–H and O–H groups in total. The van der Waals surface area contributed by atoms with Gasteiger partial charge in [-0.1, -0.05) is 23.7 Å².